The third-order valence-electron chi connectivity index (χ3n) is 3.33. The van der Waals surface area contributed by atoms with Gasteiger partial charge in [0, 0.05) is 6.42 Å². The van der Waals surface area contributed by atoms with Crippen LogP contribution in [0.2, 0.25) is 0 Å². The van der Waals surface area contributed by atoms with Gasteiger partial charge >= 0.3 is 0 Å². The molecule has 0 fully saturated rings. The maximum atomic E-state index is 12.1. The summed E-state index contributed by atoms with van der Waals surface area (Å²) in [4.78, 5) is 12.0. The fraction of sp³-hybridized carbons (Fsp3) is 0.235. The first kappa shape index (κ1) is 16.4. The molecule has 0 aliphatic heterocycles. The van der Waals surface area contributed by atoms with Gasteiger partial charge in [-0.15, -0.1) is 0 Å². The molecule has 0 heterocycles. The van der Waals surface area contributed by atoms with Gasteiger partial charge in [0.05, 0.1) is 11.4 Å². The Hall–Kier alpha value is -1.98. The van der Waals surface area contributed by atoms with Crippen molar-refractivity contribution in [3.63, 3.8) is 0 Å². The van der Waals surface area contributed by atoms with Crippen molar-refractivity contribution in [1.29, 1.82) is 0 Å². The van der Waals surface area contributed by atoms with E-state index in [9.17, 15) is 13.2 Å². The van der Waals surface area contributed by atoms with Gasteiger partial charge in [0.1, 0.15) is 5.78 Å². The molecule has 0 aliphatic rings. The van der Waals surface area contributed by atoms with Crippen LogP contribution >= 0.6 is 0 Å². The first-order valence-corrected chi connectivity index (χ1v) is 8.58. The molecule has 0 saturated heterocycles. The van der Waals surface area contributed by atoms with Crippen molar-refractivity contribution in [2.75, 3.05) is 6.54 Å². The van der Waals surface area contributed by atoms with Gasteiger partial charge in [0.25, 0.3) is 0 Å². The van der Waals surface area contributed by atoms with Gasteiger partial charge in [-0.1, -0.05) is 48.0 Å². The average Bonchev–Trinajstić information content (AvgIpc) is 2.52. The summed E-state index contributed by atoms with van der Waals surface area (Å²) >= 11 is 0. The normalized spacial score (nSPS) is 11.3. The van der Waals surface area contributed by atoms with Crippen LogP contribution in [0.1, 0.15) is 17.5 Å². The zero-order chi connectivity index (χ0) is 16.0. The molecule has 0 spiro atoms. The highest BCUT2D eigenvalue weighted by Gasteiger charge is 2.15. The van der Waals surface area contributed by atoms with E-state index in [0.717, 1.165) is 11.1 Å². The second-order valence-corrected chi connectivity index (χ2v) is 6.93. The van der Waals surface area contributed by atoms with Gasteiger partial charge in [-0.05, 0) is 31.0 Å². The molecule has 0 saturated carbocycles. The minimum Gasteiger partial charge on any atom is -0.298 e. The van der Waals surface area contributed by atoms with Crippen LogP contribution < -0.4 is 4.72 Å². The lowest BCUT2D eigenvalue weighted by molar-refractivity contribution is -0.117. The molecule has 1 N–H and O–H groups in total. The summed E-state index contributed by atoms with van der Waals surface area (Å²) in [5.41, 5.74) is 2.05. The van der Waals surface area contributed by atoms with E-state index in [2.05, 4.69) is 4.72 Å². The lowest BCUT2D eigenvalue weighted by Crippen LogP contribution is -2.29. The number of carbonyl (C=O) groups is 1. The Morgan fingerprint density at radius 1 is 1.00 bits per heavy atom. The average molecular weight is 317 g/mol. The topological polar surface area (TPSA) is 63.2 Å². The summed E-state index contributed by atoms with van der Waals surface area (Å²) < 4.78 is 26.5. The molecule has 2 rings (SSSR count). The van der Waals surface area contributed by atoms with Gasteiger partial charge in [0.2, 0.25) is 10.0 Å². The summed E-state index contributed by atoms with van der Waals surface area (Å²) in [6.07, 6.45) is 0.937. The standard InChI is InChI=1S/C17H19NO3S/c1-14-7-11-17(12-8-14)22(20,21)18-13-16(19)10-9-15-5-3-2-4-6-15/h2-8,11-12,18H,9-10,13H2,1H3. The molecule has 0 amide bonds. The number of rotatable bonds is 7. The Bertz CT molecular complexity index is 722. The zero-order valence-electron chi connectivity index (χ0n) is 12.5. The van der Waals surface area contributed by atoms with Crippen molar-refractivity contribution in [2.24, 2.45) is 0 Å². The zero-order valence-corrected chi connectivity index (χ0v) is 13.3. The highest BCUT2D eigenvalue weighted by atomic mass is 32.2. The van der Waals surface area contributed by atoms with E-state index < -0.39 is 10.0 Å². The van der Waals surface area contributed by atoms with Crippen LogP contribution in [0, 0.1) is 6.92 Å². The fourth-order valence-corrected chi connectivity index (χ4v) is 3.01. The number of ketones is 1. The summed E-state index contributed by atoms with van der Waals surface area (Å²) in [7, 11) is -3.63. The summed E-state index contributed by atoms with van der Waals surface area (Å²) in [5.74, 6) is -0.125. The monoisotopic (exact) mass is 317 g/mol. The Kier molecular flexibility index (Phi) is 5.46. The van der Waals surface area contributed by atoms with Gasteiger partial charge in [0.15, 0.2) is 0 Å². The molecule has 5 heteroatoms. The van der Waals surface area contributed by atoms with Crippen molar-refractivity contribution in [1.82, 2.24) is 4.72 Å². The predicted molar refractivity (Wildman–Crippen MR) is 86.1 cm³/mol. The second kappa shape index (κ2) is 7.33. The Balaban J connectivity index is 1.86. The smallest absolute Gasteiger partial charge is 0.240 e. The molecule has 0 unspecified atom stereocenters. The van der Waals surface area contributed by atoms with Crippen molar-refractivity contribution >= 4 is 15.8 Å². The van der Waals surface area contributed by atoms with Gasteiger partial charge in [-0.3, -0.25) is 4.79 Å². The second-order valence-electron chi connectivity index (χ2n) is 5.16. The Morgan fingerprint density at radius 2 is 1.64 bits per heavy atom. The molecule has 0 radical (unpaired) electrons. The third-order valence-corrected chi connectivity index (χ3v) is 4.74. The van der Waals surface area contributed by atoms with Crippen LogP contribution in [0.5, 0.6) is 0 Å². The SMILES string of the molecule is Cc1ccc(S(=O)(=O)NCC(=O)CCc2ccccc2)cc1. The van der Waals surface area contributed by atoms with Crippen LogP contribution in [0.4, 0.5) is 0 Å². The molecule has 0 aromatic heterocycles. The predicted octanol–water partition coefficient (Wildman–Crippen LogP) is 2.48. The molecule has 4 nitrogen and oxygen atoms in total. The number of carbonyl (C=O) groups excluding carboxylic acids is 1. The summed E-state index contributed by atoms with van der Waals surface area (Å²) in [6, 6.07) is 16.2. The Morgan fingerprint density at radius 3 is 2.27 bits per heavy atom. The summed E-state index contributed by atoms with van der Waals surface area (Å²) in [5, 5.41) is 0. The van der Waals surface area contributed by atoms with Crippen molar-refractivity contribution in [3.05, 3.63) is 65.7 Å². The van der Waals surface area contributed by atoms with E-state index in [1.165, 1.54) is 12.1 Å². The maximum Gasteiger partial charge on any atom is 0.240 e. The highest BCUT2D eigenvalue weighted by Crippen LogP contribution is 2.09. The molecule has 0 aliphatic carbocycles. The molecular formula is C17H19NO3S. The highest BCUT2D eigenvalue weighted by molar-refractivity contribution is 7.89. The van der Waals surface area contributed by atoms with Crippen LogP contribution in [0.25, 0.3) is 0 Å². The van der Waals surface area contributed by atoms with E-state index in [1.54, 1.807) is 12.1 Å². The number of hydrogen-bond donors (Lipinski definition) is 1. The van der Waals surface area contributed by atoms with Crippen LogP contribution in [0.15, 0.2) is 59.5 Å². The van der Waals surface area contributed by atoms with Gasteiger partial charge in [-0.2, -0.15) is 0 Å². The lowest BCUT2D eigenvalue weighted by atomic mass is 10.1. The first-order chi connectivity index (χ1) is 10.5. The van der Waals surface area contributed by atoms with Crippen molar-refractivity contribution < 1.29 is 13.2 Å². The van der Waals surface area contributed by atoms with Crippen LogP contribution in [0.3, 0.4) is 0 Å². The molecule has 22 heavy (non-hydrogen) atoms. The van der Waals surface area contributed by atoms with Crippen molar-refractivity contribution in [3.8, 4) is 0 Å². The van der Waals surface area contributed by atoms with Crippen molar-refractivity contribution in [2.45, 2.75) is 24.7 Å². The van der Waals surface area contributed by atoms with Crippen LogP contribution in [-0.2, 0) is 21.2 Å². The maximum absolute atomic E-state index is 12.1. The molecular weight excluding hydrogens is 298 g/mol. The lowest BCUT2D eigenvalue weighted by Gasteiger charge is -2.07. The summed E-state index contributed by atoms with van der Waals surface area (Å²) in [6.45, 7) is 1.71. The molecule has 116 valence electrons. The van der Waals surface area contributed by atoms with E-state index >= 15 is 0 Å². The number of nitrogens with one attached hydrogen (secondary N) is 1. The van der Waals surface area contributed by atoms with E-state index in [1.807, 2.05) is 37.3 Å². The van der Waals surface area contributed by atoms with Gasteiger partial charge in [-0.25, -0.2) is 13.1 Å². The number of aryl methyl sites for hydroxylation is 2. The number of sulfonamides is 1. The number of hydrogen-bond acceptors (Lipinski definition) is 3. The molecule has 0 bridgehead atoms. The quantitative estimate of drug-likeness (QED) is 0.853. The third kappa shape index (κ3) is 4.79. The first-order valence-electron chi connectivity index (χ1n) is 7.09. The van der Waals surface area contributed by atoms with Gasteiger partial charge < -0.3 is 0 Å². The molecule has 0 atom stereocenters. The van der Waals surface area contributed by atoms with Crippen LogP contribution in [-0.4, -0.2) is 20.7 Å². The minimum atomic E-state index is -3.63. The molecule has 2 aromatic carbocycles. The minimum absolute atomic E-state index is 0.125. The van der Waals surface area contributed by atoms with E-state index in [4.69, 9.17) is 0 Å². The Labute approximate surface area is 131 Å². The largest absolute Gasteiger partial charge is 0.298 e. The fourth-order valence-electron chi connectivity index (χ4n) is 1.99. The number of benzene rings is 2. The van der Waals surface area contributed by atoms with E-state index in [-0.39, 0.29) is 17.2 Å². The van der Waals surface area contributed by atoms with E-state index in [0.29, 0.717) is 12.8 Å². The number of Topliss-reactive ketones (excluding diaryl/α,β-unsaturated/α-hetero) is 1. The molecule has 2 aromatic rings.